The highest BCUT2D eigenvalue weighted by atomic mass is 31.2. The topological polar surface area (TPSA) is 231 Å². The fourth-order valence-electron chi connectivity index (χ4n) is 9.76. The van der Waals surface area contributed by atoms with E-state index in [1.54, 1.807) is 0 Å². The van der Waals surface area contributed by atoms with Crippen molar-refractivity contribution in [3.8, 4) is 0 Å². The average molecular weight is 1430 g/mol. The van der Waals surface area contributed by atoms with Gasteiger partial charge in [0.2, 0.25) is 0 Å². The third-order valence-electron chi connectivity index (χ3n) is 15.5. The number of hydrogen-bond acceptors (Lipinski definition) is 14. The van der Waals surface area contributed by atoms with E-state index in [1.165, 1.54) is 57.8 Å². The standard InChI is InChI=1S/C81H136O16P2/c1-4-7-10-13-16-19-22-24-26-28-30-32-34-36-37-39-41-42-44-46-48-50-53-55-58-61-64-67-79(84)91-70-76(82)71-93-98(87,88)94-72-77(83)73-95-99(89,90)96-75-78(97-81(86)69-66-63-60-57-52-21-18-15-12-9-6-3)74-92-80(85)68-65-62-59-56-54-51-49-47-45-43-40-38-35-33-31-29-27-25-23-20-17-14-11-8-5-2/h7-8,10-11,15-20,24-27,30-33,36-38,40,45,47,76-78,82-83H,4-6,9,12-14,21-23,28-29,34-35,39,41-44,46,48-75H2,1-3H3,(H,87,88)(H,89,90)/b10-7-,11-8-,18-15-,19-16-,20-17-,26-24-,27-25-,32-30-,33-31-,37-36-,40-38-,47-45-. The molecule has 5 atom stereocenters. The lowest BCUT2D eigenvalue weighted by Gasteiger charge is -2.21. The molecule has 566 valence electrons. The fraction of sp³-hybridized carbons (Fsp3) is 0.667. The van der Waals surface area contributed by atoms with Gasteiger partial charge in [-0.1, -0.05) is 282 Å². The summed E-state index contributed by atoms with van der Waals surface area (Å²) in [5.74, 6) is -1.61. The number of hydrogen-bond donors (Lipinski definition) is 4. The minimum Gasteiger partial charge on any atom is -0.463 e. The third kappa shape index (κ3) is 74.4. The Bertz CT molecular complexity index is 2380. The lowest BCUT2D eigenvalue weighted by atomic mass is 10.0. The van der Waals surface area contributed by atoms with E-state index in [0.29, 0.717) is 19.3 Å². The van der Waals surface area contributed by atoms with Gasteiger partial charge in [0.25, 0.3) is 0 Å². The van der Waals surface area contributed by atoms with Gasteiger partial charge in [-0.25, -0.2) is 9.13 Å². The van der Waals surface area contributed by atoms with E-state index in [0.717, 1.165) is 173 Å². The van der Waals surface area contributed by atoms with Gasteiger partial charge >= 0.3 is 33.6 Å². The predicted molar refractivity (Wildman–Crippen MR) is 408 cm³/mol. The maximum absolute atomic E-state index is 12.9. The fourth-order valence-corrected chi connectivity index (χ4v) is 11.3. The zero-order valence-corrected chi connectivity index (χ0v) is 63.4. The number of carbonyl (C=O) groups excluding carboxylic acids is 3. The van der Waals surface area contributed by atoms with Gasteiger partial charge in [0.05, 0.1) is 26.4 Å². The number of allylic oxidation sites excluding steroid dienone is 24. The Balaban J connectivity index is 4.51. The van der Waals surface area contributed by atoms with Crippen molar-refractivity contribution in [3.63, 3.8) is 0 Å². The molecule has 0 aliphatic heterocycles. The summed E-state index contributed by atoms with van der Waals surface area (Å²) in [7, 11) is -9.79. The molecule has 4 N–H and O–H groups in total. The molecular weight excluding hydrogens is 1290 g/mol. The third-order valence-corrected chi connectivity index (χ3v) is 17.4. The zero-order valence-electron chi connectivity index (χ0n) is 61.6. The van der Waals surface area contributed by atoms with Crippen LogP contribution in [0.2, 0.25) is 0 Å². The molecule has 99 heavy (non-hydrogen) atoms. The Morgan fingerprint density at radius 3 is 0.859 bits per heavy atom. The normalized spacial score (nSPS) is 14.9. The molecule has 0 heterocycles. The highest BCUT2D eigenvalue weighted by molar-refractivity contribution is 7.47. The molecule has 0 radical (unpaired) electrons. The van der Waals surface area contributed by atoms with E-state index >= 15 is 0 Å². The van der Waals surface area contributed by atoms with Crippen LogP contribution in [0.5, 0.6) is 0 Å². The second-order valence-electron chi connectivity index (χ2n) is 25.0. The van der Waals surface area contributed by atoms with Crippen LogP contribution in [0.1, 0.15) is 290 Å². The van der Waals surface area contributed by atoms with Crippen molar-refractivity contribution >= 4 is 33.6 Å². The molecule has 18 heteroatoms. The SMILES string of the molecule is CC/C=C\C/C=C\C/C=C\C/C=C\C/C=C\C/C=C\CCCCCCCCC(=O)OCC(COP(=O)(O)OCC(O)COP(=O)(O)OCC(O)COC(=O)CCCCCCCCCCCCC/C=C\C/C=C\C/C=C\C/C=C\C/C=C\CC)OC(=O)CCCCCCC/C=C\CCCC. The highest BCUT2D eigenvalue weighted by Crippen LogP contribution is 2.45. The summed E-state index contributed by atoms with van der Waals surface area (Å²) in [5, 5.41) is 20.6. The number of unbranched alkanes of at least 4 members (excludes halogenated alkanes) is 24. The molecule has 0 rings (SSSR count). The van der Waals surface area contributed by atoms with Crippen LogP contribution in [0.4, 0.5) is 0 Å². The number of aliphatic hydroxyl groups excluding tert-OH is 2. The highest BCUT2D eigenvalue weighted by Gasteiger charge is 2.29. The quantitative estimate of drug-likeness (QED) is 0.0146. The van der Waals surface area contributed by atoms with Crippen molar-refractivity contribution in [2.45, 2.75) is 309 Å². The molecule has 0 aromatic carbocycles. The van der Waals surface area contributed by atoms with Crippen LogP contribution in [0, 0.1) is 0 Å². The van der Waals surface area contributed by atoms with E-state index < -0.39 is 91.5 Å². The molecule has 0 aliphatic carbocycles. The first kappa shape index (κ1) is 94.4. The Labute approximate surface area is 600 Å². The summed E-state index contributed by atoms with van der Waals surface area (Å²) in [4.78, 5) is 58.5. The first-order chi connectivity index (χ1) is 48.2. The van der Waals surface area contributed by atoms with Crippen LogP contribution in [-0.4, -0.2) is 95.9 Å². The van der Waals surface area contributed by atoms with E-state index in [-0.39, 0.29) is 19.3 Å². The van der Waals surface area contributed by atoms with Gasteiger partial charge in [-0.15, -0.1) is 0 Å². The van der Waals surface area contributed by atoms with Gasteiger partial charge in [-0.2, -0.15) is 0 Å². The molecule has 0 bridgehead atoms. The van der Waals surface area contributed by atoms with Crippen LogP contribution >= 0.6 is 15.6 Å². The Morgan fingerprint density at radius 2 is 0.535 bits per heavy atom. The van der Waals surface area contributed by atoms with Gasteiger partial charge < -0.3 is 34.2 Å². The summed E-state index contributed by atoms with van der Waals surface area (Å²) >= 11 is 0. The zero-order chi connectivity index (χ0) is 72.3. The second-order valence-corrected chi connectivity index (χ2v) is 27.9. The van der Waals surface area contributed by atoms with E-state index in [1.807, 2.05) is 0 Å². The summed E-state index contributed by atoms with van der Waals surface area (Å²) < 4.78 is 61.0. The number of carbonyl (C=O) groups is 3. The molecule has 0 aliphatic rings. The van der Waals surface area contributed by atoms with Gasteiger partial charge in [0.15, 0.2) is 6.10 Å². The largest absolute Gasteiger partial charge is 0.472 e. The Kier molecular flexibility index (Phi) is 69.8. The first-order valence-corrected chi connectivity index (χ1v) is 41.1. The van der Waals surface area contributed by atoms with Crippen molar-refractivity contribution in [1.29, 1.82) is 0 Å². The van der Waals surface area contributed by atoms with Crippen LogP contribution in [0.15, 0.2) is 146 Å². The average Bonchev–Trinajstić information content (AvgIpc) is 1.15. The molecule has 0 amide bonds. The molecule has 0 saturated carbocycles. The van der Waals surface area contributed by atoms with E-state index in [2.05, 4.69) is 167 Å². The monoisotopic (exact) mass is 1430 g/mol. The smallest absolute Gasteiger partial charge is 0.463 e. The van der Waals surface area contributed by atoms with Crippen molar-refractivity contribution < 1.29 is 75.8 Å². The van der Waals surface area contributed by atoms with Crippen molar-refractivity contribution in [1.82, 2.24) is 0 Å². The molecule has 0 fully saturated rings. The summed E-state index contributed by atoms with van der Waals surface area (Å²) in [6.07, 6.45) is 89.1. The minimum atomic E-state index is -4.93. The van der Waals surface area contributed by atoms with Crippen molar-refractivity contribution in [3.05, 3.63) is 146 Å². The number of phosphoric acid groups is 2. The summed E-state index contributed by atoms with van der Waals surface area (Å²) in [5.41, 5.74) is 0. The van der Waals surface area contributed by atoms with Crippen molar-refractivity contribution in [2.75, 3.05) is 39.6 Å². The predicted octanol–water partition coefficient (Wildman–Crippen LogP) is 22.1. The minimum absolute atomic E-state index is 0.0868. The van der Waals surface area contributed by atoms with Gasteiger partial charge in [-0.3, -0.25) is 32.5 Å². The van der Waals surface area contributed by atoms with Crippen LogP contribution in [-0.2, 0) is 55.8 Å². The lowest BCUT2D eigenvalue weighted by molar-refractivity contribution is -0.161. The lowest BCUT2D eigenvalue weighted by Crippen LogP contribution is -2.30. The second kappa shape index (κ2) is 73.2. The molecule has 5 unspecified atom stereocenters. The van der Waals surface area contributed by atoms with Gasteiger partial charge in [0.1, 0.15) is 25.4 Å². The van der Waals surface area contributed by atoms with E-state index in [4.69, 9.17) is 32.3 Å². The van der Waals surface area contributed by atoms with Crippen LogP contribution in [0.3, 0.4) is 0 Å². The molecular formula is C81H136O16P2. The number of ether oxygens (including phenoxy) is 3. The summed E-state index contributed by atoms with van der Waals surface area (Å²) in [6, 6.07) is 0. The number of rotatable bonds is 71. The van der Waals surface area contributed by atoms with Gasteiger partial charge in [-0.05, 0) is 135 Å². The van der Waals surface area contributed by atoms with Gasteiger partial charge in [0, 0.05) is 19.3 Å². The number of esters is 3. The Morgan fingerprint density at radius 1 is 0.293 bits per heavy atom. The molecule has 0 aromatic rings. The molecule has 16 nitrogen and oxygen atoms in total. The molecule has 0 spiro atoms. The molecule has 0 aromatic heterocycles. The van der Waals surface area contributed by atoms with Crippen molar-refractivity contribution in [2.24, 2.45) is 0 Å². The Hall–Kier alpha value is -4.57. The number of phosphoric ester groups is 2. The van der Waals surface area contributed by atoms with Crippen LogP contribution < -0.4 is 0 Å². The maximum Gasteiger partial charge on any atom is 0.472 e. The van der Waals surface area contributed by atoms with Crippen LogP contribution in [0.25, 0.3) is 0 Å². The first-order valence-electron chi connectivity index (χ1n) is 38.1. The maximum atomic E-state index is 12.9. The molecule has 0 saturated heterocycles. The van der Waals surface area contributed by atoms with E-state index in [9.17, 15) is 43.5 Å². The summed E-state index contributed by atoms with van der Waals surface area (Å²) in [6.45, 7) is 2.37. The number of aliphatic hydroxyl groups is 2.